The van der Waals surface area contributed by atoms with Gasteiger partial charge in [-0.25, -0.2) is 0 Å². The minimum absolute atomic E-state index is 0.836. The first-order valence-electron chi connectivity index (χ1n) is 5.36. The highest BCUT2D eigenvalue weighted by Crippen LogP contribution is 2.29. The predicted octanol–water partition coefficient (Wildman–Crippen LogP) is 4.57. The minimum atomic E-state index is 0.836. The Morgan fingerprint density at radius 3 is 2.59 bits per heavy atom. The van der Waals surface area contributed by atoms with E-state index in [-0.39, 0.29) is 0 Å². The van der Waals surface area contributed by atoms with E-state index in [1.165, 1.54) is 5.56 Å². The molecule has 0 saturated carbocycles. The topological polar surface area (TPSA) is 26.0 Å². The van der Waals surface area contributed by atoms with E-state index in [1.807, 2.05) is 37.3 Å². The van der Waals surface area contributed by atoms with E-state index in [0.29, 0.717) is 0 Å². The first-order valence-corrected chi connectivity index (χ1v) is 6.15. The molecule has 1 heterocycles. The summed E-state index contributed by atoms with van der Waals surface area (Å²) in [7, 11) is 0. The lowest BCUT2D eigenvalue weighted by atomic mass is 10.1. The molecule has 0 spiro atoms. The first kappa shape index (κ1) is 10.5. The Balaban J connectivity index is 2.21. The summed E-state index contributed by atoms with van der Waals surface area (Å²) in [6.07, 6.45) is 0. The number of benzene rings is 2. The molecule has 0 bridgehead atoms. The second-order valence-electron chi connectivity index (χ2n) is 4.04. The van der Waals surface area contributed by atoms with E-state index in [0.717, 1.165) is 26.7 Å². The Bertz CT molecular complexity index is 670. The Kier molecular flexibility index (Phi) is 2.48. The van der Waals surface area contributed by atoms with Crippen molar-refractivity contribution in [3.63, 3.8) is 0 Å². The van der Waals surface area contributed by atoms with Crippen molar-refractivity contribution in [1.82, 2.24) is 5.16 Å². The molecule has 1 aromatic heterocycles. The number of hydrogen-bond acceptors (Lipinski definition) is 2. The third-order valence-electron chi connectivity index (χ3n) is 2.75. The van der Waals surface area contributed by atoms with Crippen LogP contribution in [0.25, 0.3) is 22.2 Å². The van der Waals surface area contributed by atoms with Crippen LogP contribution in [0.5, 0.6) is 0 Å². The van der Waals surface area contributed by atoms with Gasteiger partial charge in [-0.3, -0.25) is 0 Å². The number of rotatable bonds is 1. The van der Waals surface area contributed by atoms with Crippen LogP contribution in [-0.2, 0) is 0 Å². The molecule has 3 heteroatoms. The third kappa shape index (κ3) is 1.87. The first-order chi connectivity index (χ1) is 8.24. The highest BCUT2D eigenvalue weighted by molar-refractivity contribution is 9.10. The van der Waals surface area contributed by atoms with Gasteiger partial charge in [0.1, 0.15) is 5.69 Å². The molecular weight excluding hydrogens is 278 g/mol. The van der Waals surface area contributed by atoms with E-state index in [9.17, 15) is 0 Å². The molecule has 3 aromatic rings. The lowest BCUT2D eigenvalue weighted by Gasteiger charge is -1.97. The third-order valence-corrected chi connectivity index (χ3v) is 3.27. The summed E-state index contributed by atoms with van der Waals surface area (Å²) in [5, 5.41) is 5.20. The molecule has 17 heavy (non-hydrogen) atoms. The normalized spacial score (nSPS) is 10.9. The molecule has 0 aliphatic carbocycles. The van der Waals surface area contributed by atoms with Crippen LogP contribution in [0.4, 0.5) is 0 Å². The zero-order valence-electron chi connectivity index (χ0n) is 9.27. The van der Waals surface area contributed by atoms with E-state index in [1.54, 1.807) is 0 Å². The molecule has 0 amide bonds. The fourth-order valence-electron chi connectivity index (χ4n) is 1.86. The summed E-state index contributed by atoms with van der Waals surface area (Å²) >= 11 is 3.42. The summed E-state index contributed by atoms with van der Waals surface area (Å²) in [4.78, 5) is 0. The van der Waals surface area contributed by atoms with Crippen molar-refractivity contribution < 1.29 is 4.52 Å². The number of hydrogen-bond donors (Lipinski definition) is 0. The van der Waals surface area contributed by atoms with Gasteiger partial charge in [-0.1, -0.05) is 39.3 Å². The fourth-order valence-corrected chi connectivity index (χ4v) is 2.13. The molecule has 0 saturated heterocycles. The highest BCUT2D eigenvalue weighted by Gasteiger charge is 2.09. The second kappa shape index (κ2) is 4.00. The molecule has 84 valence electrons. The molecule has 0 aliphatic rings. The van der Waals surface area contributed by atoms with Gasteiger partial charge in [-0.15, -0.1) is 0 Å². The molecular formula is C14H10BrNO. The van der Waals surface area contributed by atoms with Crippen molar-refractivity contribution in [2.75, 3.05) is 0 Å². The van der Waals surface area contributed by atoms with Crippen molar-refractivity contribution in [3.05, 3.63) is 52.5 Å². The minimum Gasteiger partial charge on any atom is -0.356 e. The van der Waals surface area contributed by atoms with Crippen LogP contribution in [0, 0.1) is 6.92 Å². The van der Waals surface area contributed by atoms with Gasteiger partial charge in [0.2, 0.25) is 0 Å². The zero-order valence-corrected chi connectivity index (χ0v) is 10.9. The van der Waals surface area contributed by atoms with Crippen LogP contribution in [0.2, 0.25) is 0 Å². The van der Waals surface area contributed by atoms with Crippen molar-refractivity contribution in [2.45, 2.75) is 6.92 Å². The molecule has 0 atom stereocenters. The standard InChI is InChI=1S/C14H10BrNO/c1-9-2-7-12-13(8-9)17-16-14(12)10-3-5-11(15)6-4-10/h2-8H,1H3. The quantitative estimate of drug-likeness (QED) is 0.655. The largest absolute Gasteiger partial charge is 0.356 e. The lowest BCUT2D eigenvalue weighted by molar-refractivity contribution is 0.459. The van der Waals surface area contributed by atoms with Gasteiger partial charge in [0.05, 0.1) is 0 Å². The fraction of sp³-hybridized carbons (Fsp3) is 0.0714. The van der Waals surface area contributed by atoms with Crippen LogP contribution < -0.4 is 0 Å². The van der Waals surface area contributed by atoms with Gasteiger partial charge in [-0.05, 0) is 36.8 Å². The second-order valence-corrected chi connectivity index (χ2v) is 4.95. The SMILES string of the molecule is Cc1ccc2c(-c3ccc(Br)cc3)noc2c1. The summed E-state index contributed by atoms with van der Waals surface area (Å²) in [6.45, 7) is 2.04. The van der Waals surface area contributed by atoms with Crippen molar-refractivity contribution in [2.24, 2.45) is 0 Å². The smallest absolute Gasteiger partial charge is 0.167 e. The van der Waals surface area contributed by atoms with E-state index >= 15 is 0 Å². The zero-order chi connectivity index (χ0) is 11.8. The van der Waals surface area contributed by atoms with Crippen LogP contribution in [-0.4, -0.2) is 5.16 Å². The highest BCUT2D eigenvalue weighted by atomic mass is 79.9. The van der Waals surface area contributed by atoms with Crippen LogP contribution in [0.15, 0.2) is 51.5 Å². The monoisotopic (exact) mass is 287 g/mol. The lowest BCUT2D eigenvalue weighted by Crippen LogP contribution is -1.78. The van der Waals surface area contributed by atoms with Gasteiger partial charge >= 0.3 is 0 Å². The maximum atomic E-state index is 5.35. The maximum Gasteiger partial charge on any atom is 0.167 e. The number of aryl methyl sites for hydroxylation is 1. The van der Waals surface area contributed by atoms with Gasteiger partial charge < -0.3 is 4.52 Å². The van der Waals surface area contributed by atoms with Gasteiger partial charge in [0.15, 0.2) is 5.58 Å². The van der Waals surface area contributed by atoms with E-state index in [4.69, 9.17) is 4.52 Å². The molecule has 0 aliphatic heterocycles. The van der Waals surface area contributed by atoms with Crippen LogP contribution >= 0.6 is 15.9 Å². The number of halogens is 1. The Labute approximate surface area is 107 Å². The molecule has 0 radical (unpaired) electrons. The number of nitrogens with zero attached hydrogens (tertiary/aromatic N) is 1. The van der Waals surface area contributed by atoms with E-state index < -0.39 is 0 Å². The van der Waals surface area contributed by atoms with Crippen molar-refractivity contribution in [1.29, 1.82) is 0 Å². The van der Waals surface area contributed by atoms with Crippen molar-refractivity contribution in [3.8, 4) is 11.3 Å². The Morgan fingerprint density at radius 1 is 1.06 bits per heavy atom. The summed E-state index contributed by atoms with van der Waals surface area (Å²) in [6, 6.07) is 14.2. The molecule has 0 unspecified atom stereocenters. The average molecular weight is 288 g/mol. The molecule has 3 rings (SSSR count). The maximum absolute atomic E-state index is 5.35. The van der Waals surface area contributed by atoms with Crippen molar-refractivity contribution >= 4 is 26.9 Å². The molecule has 2 aromatic carbocycles. The summed E-state index contributed by atoms with van der Waals surface area (Å²) in [5.41, 5.74) is 3.97. The Hall–Kier alpha value is -1.61. The Morgan fingerprint density at radius 2 is 1.82 bits per heavy atom. The van der Waals surface area contributed by atoms with E-state index in [2.05, 4.69) is 33.2 Å². The molecule has 2 nitrogen and oxygen atoms in total. The summed E-state index contributed by atoms with van der Waals surface area (Å²) < 4.78 is 6.41. The van der Waals surface area contributed by atoms with Gasteiger partial charge in [-0.2, -0.15) is 0 Å². The number of fused-ring (bicyclic) bond motifs is 1. The predicted molar refractivity (Wildman–Crippen MR) is 71.9 cm³/mol. The van der Waals surface area contributed by atoms with Gasteiger partial charge in [0.25, 0.3) is 0 Å². The van der Waals surface area contributed by atoms with Gasteiger partial charge in [0, 0.05) is 15.4 Å². The molecule has 0 fully saturated rings. The molecule has 0 N–H and O–H groups in total. The van der Waals surface area contributed by atoms with Crippen LogP contribution in [0.3, 0.4) is 0 Å². The average Bonchev–Trinajstić information content (AvgIpc) is 2.73. The van der Waals surface area contributed by atoms with Crippen LogP contribution in [0.1, 0.15) is 5.56 Å². The summed E-state index contributed by atoms with van der Waals surface area (Å²) in [5.74, 6) is 0. The number of aromatic nitrogens is 1.